The monoisotopic (exact) mass is 378 g/mol. The van der Waals surface area contributed by atoms with Crippen molar-refractivity contribution in [3.63, 3.8) is 0 Å². The molecule has 0 aliphatic carbocycles. The van der Waals surface area contributed by atoms with Gasteiger partial charge in [-0.25, -0.2) is 0 Å². The van der Waals surface area contributed by atoms with Crippen molar-refractivity contribution in [1.82, 2.24) is 4.90 Å². The van der Waals surface area contributed by atoms with E-state index in [0.29, 0.717) is 13.1 Å². The first-order valence-corrected chi connectivity index (χ1v) is 12.0. The van der Waals surface area contributed by atoms with Gasteiger partial charge in [-0.3, -0.25) is 0 Å². The summed E-state index contributed by atoms with van der Waals surface area (Å²) in [6.45, 7) is 4.79. The molecule has 136 valence electrons. The minimum absolute atomic E-state index is 0.255. The Hall–Kier alpha value is -1.32. The maximum absolute atomic E-state index is 11.3. The van der Waals surface area contributed by atoms with E-state index in [1.54, 1.807) is 0 Å². The van der Waals surface area contributed by atoms with Crippen LogP contribution in [0.15, 0.2) is 23.1 Å². The van der Waals surface area contributed by atoms with E-state index in [9.17, 15) is 23.4 Å². The molecule has 0 amide bonds. The van der Waals surface area contributed by atoms with Gasteiger partial charge in [-0.05, 0) is 0 Å². The van der Waals surface area contributed by atoms with Gasteiger partial charge in [0, 0.05) is 0 Å². The zero-order valence-corrected chi connectivity index (χ0v) is 15.3. The van der Waals surface area contributed by atoms with Crippen molar-refractivity contribution in [2.45, 2.75) is 4.90 Å². The molecule has 1 fully saturated rings. The Kier molecular flexibility index (Phi) is 5.77. The van der Waals surface area contributed by atoms with Gasteiger partial charge in [-0.15, -0.1) is 0 Å². The maximum atomic E-state index is 11.3. The third-order valence-corrected chi connectivity index (χ3v) is 7.68. The number of nitrogens with zero attached hydrogens (tertiary/aromatic N) is 2. The van der Waals surface area contributed by atoms with Crippen LogP contribution >= 0.6 is 7.49 Å². The fourth-order valence-corrected chi connectivity index (χ4v) is 4.98. The van der Waals surface area contributed by atoms with Crippen molar-refractivity contribution in [2.75, 3.05) is 50.5 Å². The Balaban J connectivity index is 1.99. The molecule has 1 aromatic rings. The molecule has 9 nitrogen and oxygen atoms in total. The van der Waals surface area contributed by atoms with Gasteiger partial charge in [0.2, 0.25) is 0 Å². The first kappa shape index (κ1) is 19.0. The van der Waals surface area contributed by atoms with Gasteiger partial charge in [0.05, 0.1) is 0 Å². The molecule has 0 aromatic heterocycles. The molecule has 0 saturated carbocycles. The number of nitro benzene ring substituents is 1. The molecular formula is C13H23N4O5PS. The number of anilines is 1. The molecule has 4 N–H and O–H groups in total. The number of primary sulfonamides is 1. The van der Waals surface area contributed by atoms with Gasteiger partial charge in [0.25, 0.3) is 0 Å². The zero-order valence-electron chi connectivity index (χ0n) is 13.4. The van der Waals surface area contributed by atoms with Crippen LogP contribution in [0.1, 0.15) is 0 Å². The number of nitro groups is 1. The van der Waals surface area contributed by atoms with Crippen molar-refractivity contribution in [2.24, 2.45) is 5.14 Å². The fraction of sp³-hybridized carbons (Fsp3) is 0.538. The Labute approximate surface area is 141 Å². The number of rotatable bonds is 6. The van der Waals surface area contributed by atoms with Gasteiger partial charge >= 0.3 is 141 Å². The second-order valence-electron chi connectivity index (χ2n) is 6.25. The summed E-state index contributed by atoms with van der Waals surface area (Å²) in [6, 6.07) is 3.56. The topological polar surface area (TPSA) is 139 Å². The fourth-order valence-electron chi connectivity index (χ4n) is 2.60. The second kappa shape index (κ2) is 7.28. The van der Waals surface area contributed by atoms with Crippen molar-refractivity contribution in [3.05, 3.63) is 28.3 Å². The molecule has 0 spiro atoms. The SMILES string of the molecule is C[PH]1(O)CCN(CCNc2ccc(S(N)(=O)=O)cc2[N+](=O)[O-])CC1. The molecule has 1 aromatic carbocycles. The molecule has 24 heavy (non-hydrogen) atoms. The number of hydrogen-bond acceptors (Lipinski definition) is 7. The molecule has 0 radical (unpaired) electrons. The molecule has 1 aliphatic rings. The molecule has 1 saturated heterocycles. The summed E-state index contributed by atoms with van der Waals surface area (Å²) in [6.07, 6.45) is 1.66. The van der Waals surface area contributed by atoms with Crippen LogP contribution in [0.2, 0.25) is 0 Å². The summed E-state index contributed by atoms with van der Waals surface area (Å²) in [5, 5.41) is 19.1. The van der Waals surface area contributed by atoms with E-state index in [-0.39, 0.29) is 16.3 Å². The van der Waals surface area contributed by atoms with Crippen LogP contribution in [0.25, 0.3) is 0 Å². The first-order valence-electron chi connectivity index (χ1n) is 7.58. The van der Waals surface area contributed by atoms with Crippen LogP contribution in [-0.4, -0.2) is 68.3 Å². The molecule has 2 rings (SSSR count). The van der Waals surface area contributed by atoms with E-state index >= 15 is 0 Å². The standard InChI is InChI=1S/C13H23N4O5PS/c1-23(20)8-6-16(7-9-23)5-4-15-12-3-2-11(24(14,21)22)10-13(12)17(18)19/h2-3,10,15,20,23H,4-9H2,1H3,(H2,14,21,22). The van der Waals surface area contributed by atoms with E-state index in [1.165, 1.54) is 12.1 Å². The van der Waals surface area contributed by atoms with Crippen LogP contribution in [0.5, 0.6) is 0 Å². The van der Waals surface area contributed by atoms with Crippen molar-refractivity contribution >= 4 is 28.9 Å². The first-order chi connectivity index (χ1) is 11.1. The quantitative estimate of drug-likeness (QED) is 0.366. The summed E-state index contributed by atoms with van der Waals surface area (Å²) >= 11 is 0. The number of nitrogens with one attached hydrogen (secondary N) is 1. The Morgan fingerprint density at radius 2 is 2.04 bits per heavy atom. The molecule has 0 atom stereocenters. The number of sulfonamides is 1. The van der Waals surface area contributed by atoms with Crippen LogP contribution < -0.4 is 10.5 Å². The van der Waals surface area contributed by atoms with Crippen LogP contribution in [0, 0.1) is 10.1 Å². The Morgan fingerprint density at radius 3 is 2.58 bits per heavy atom. The molecule has 0 bridgehead atoms. The minimum atomic E-state index is -3.98. The molecule has 11 heteroatoms. The van der Waals surface area contributed by atoms with Crippen LogP contribution in [0.4, 0.5) is 11.4 Å². The van der Waals surface area contributed by atoms with E-state index < -0.39 is 22.4 Å². The summed E-state index contributed by atoms with van der Waals surface area (Å²) < 4.78 is 22.6. The third kappa shape index (κ3) is 5.09. The molecule has 1 aliphatic heterocycles. The van der Waals surface area contributed by atoms with Crippen molar-refractivity contribution < 1.29 is 18.2 Å². The average Bonchev–Trinajstić information content (AvgIpc) is 2.48. The van der Waals surface area contributed by atoms with E-state index in [4.69, 9.17) is 5.14 Å². The summed E-state index contributed by atoms with van der Waals surface area (Å²) in [5.74, 6) is 0. The summed E-state index contributed by atoms with van der Waals surface area (Å²) in [5.41, 5.74) is -0.0682. The molecule has 0 unspecified atom stereocenters. The Morgan fingerprint density at radius 1 is 1.42 bits per heavy atom. The number of nitrogens with two attached hydrogens (primary N) is 1. The predicted octanol–water partition coefficient (Wildman–Crippen LogP) is 0.257. The molecular weight excluding hydrogens is 355 g/mol. The predicted molar refractivity (Wildman–Crippen MR) is 95.6 cm³/mol. The van der Waals surface area contributed by atoms with Crippen LogP contribution in [0.3, 0.4) is 0 Å². The number of hydrogen-bond donors (Lipinski definition) is 3. The Bertz CT molecular complexity index is 715. The summed E-state index contributed by atoms with van der Waals surface area (Å²) in [7, 11) is -5.99. The summed E-state index contributed by atoms with van der Waals surface area (Å²) in [4.78, 5) is 22.5. The van der Waals surface area contributed by atoms with Crippen molar-refractivity contribution in [1.29, 1.82) is 0 Å². The third-order valence-electron chi connectivity index (χ3n) is 4.17. The van der Waals surface area contributed by atoms with E-state index in [2.05, 4.69) is 10.2 Å². The van der Waals surface area contributed by atoms with E-state index in [0.717, 1.165) is 31.5 Å². The van der Waals surface area contributed by atoms with Gasteiger partial charge in [0.15, 0.2) is 0 Å². The second-order valence-corrected chi connectivity index (χ2v) is 11.8. The van der Waals surface area contributed by atoms with Gasteiger partial charge < -0.3 is 0 Å². The van der Waals surface area contributed by atoms with Crippen LogP contribution in [-0.2, 0) is 10.0 Å². The average molecular weight is 378 g/mol. The normalized spacial score (nSPS) is 19.6. The van der Waals surface area contributed by atoms with Gasteiger partial charge in [-0.1, -0.05) is 0 Å². The number of benzene rings is 1. The van der Waals surface area contributed by atoms with E-state index in [1.807, 2.05) is 6.66 Å². The van der Waals surface area contributed by atoms with Gasteiger partial charge in [0.1, 0.15) is 0 Å². The van der Waals surface area contributed by atoms with Gasteiger partial charge in [-0.2, -0.15) is 0 Å². The van der Waals surface area contributed by atoms with Crippen molar-refractivity contribution in [3.8, 4) is 0 Å². The zero-order chi connectivity index (χ0) is 18.0. The molecule has 1 heterocycles.